The van der Waals surface area contributed by atoms with Crippen molar-refractivity contribution in [2.45, 2.75) is 24.9 Å². The number of thioether (sulfide) groups is 1. The second-order valence-electron chi connectivity index (χ2n) is 4.60. The quantitative estimate of drug-likeness (QED) is 0.765. The highest BCUT2D eigenvalue weighted by Crippen LogP contribution is 2.24. The summed E-state index contributed by atoms with van der Waals surface area (Å²) in [6, 6.07) is 12.3. The zero-order valence-corrected chi connectivity index (χ0v) is 12.5. The molecule has 0 aliphatic carbocycles. The summed E-state index contributed by atoms with van der Waals surface area (Å²) in [5.41, 5.74) is 2.18. The van der Waals surface area contributed by atoms with Gasteiger partial charge < -0.3 is 0 Å². The molecular formula is C15H15N5S. The maximum absolute atomic E-state index is 9.10. The van der Waals surface area contributed by atoms with Crippen LogP contribution in [0.4, 0.5) is 0 Å². The summed E-state index contributed by atoms with van der Waals surface area (Å²) in [5.74, 6) is 0.472. The Hall–Kier alpha value is -2.31. The van der Waals surface area contributed by atoms with E-state index in [2.05, 4.69) is 22.3 Å². The summed E-state index contributed by atoms with van der Waals surface area (Å²) in [7, 11) is 0. The van der Waals surface area contributed by atoms with Gasteiger partial charge in [0.05, 0.1) is 23.7 Å². The standard InChI is InChI=1S/C15H15N5S/c1-12-5-2-3-7-14(12)20-11-18-19-15(20)21-10-13(9-17)6-4-8-16/h2-3,5,7,11,13H,4,6,10H2,1H3/t13-/m1/s1. The number of aryl methyl sites for hydroxylation is 1. The molecule has 21 heavy (non-hydrogen) atoms. The number of benzene rings is 1. The van der Waals surface area contributed by atoms with Crippen LogP contribution in [0.2, 0.25) is 0 Å². The summed E-state index contributed by atoms with van der Waals surface area (Å²) >= 11 is 1.50. The molecule has 0 radical (unpaired) electrons. The van der Waals surface area contributed by atoms with Gasteiger partial charge >= 0.3 is 0 Å². The van der Waals surface area contributed by atoms with Gasteiger partial charge in [-0.05, 0) is 25.0 Å². The molecule has 0 bridgehead atoms. The molecule has 0 aliphatic heterocycles. The van der Waals surface area contributed by atoms with Gasteiger partial charge in [-0.25, -0.2) is 0 Å². The summed E-state index contributed by atoms with van der Waals surface area (Å²) < 4.78 is 1.93. The normalized spacial score (nSPS) is 11.6. The maximum atomic E-state index is 9.10. The number of aromatic nitrogens is 3. The van der Waals surface area contributed by atoms with E-state index < -0.39 is 0 Å². The van der Waals surface area contributed by atoms with Gasteiger partial charge in [0.25, 0.3) is 0 Å². The number of rotatable bonds is 6. The lowest BCUT2D eigenvalue weighted by atomic mass is 10.1. The lowest BCUT2D eigenvalue weighted by molar-refractivity contribution is 0.683. The van der Waals surface area contributed by atoms with Crippen molar-refractivity contribution in [3.8, 4) is 17.8 Å². The van der Waals surface area contributed by atoms with Gasteiger partial charge in [-0.15, -0.1) is 10.2 Å². The number of nitrogens with zero attached hydrogens (tertiary/aromatic N) is 5. The van der Waals surface area contributed by atoms with Crippen LogP contribution in [0.1, 0.15) is 18.4 Å². The molecule has 1 heterocycles. The summed E-state index contributed by atoms with van der Waals surface area (Å²) in [6.07, 6.45) is 2.68. The fourth-order valence-electron chi connectivity index (χ4n) is 1.92. The highest BCUT2D eigenvalue weighted by Gasteiger charge is 2.13. The van der Waals surface area contributed by atoms with Crippen molar-refractivity contribution in [2.24, 2.45) is 5.92 Å². The van der Waals surface area contributed by atoms with E-state index in [0.717, 1.165) is 16.4 Å². The molecule has 6 heteroatoms. The molecule has 1 aromatic heterocycles. The van der Waals surface area contributed by atoms with Crippen molar-refractivity contribution >= 4 is 11.8 Å². The van der Waals surface area contributed by atoms with Crippen LogP contribution in [0.15, 0.2) is 35.7 Å². The Kier molecular flexibility index (Phi) is 5.36. The van der Waals surface area contributed by atoms with Crippen LogP contribution in [0.5, 0.6) is 0 Å². The minimum Gasteiger partial charge on any atom is -0.276 e. The molecule has 2 rings (SSSR count). The Balaban J connectivity index is 2.10. The fraction of sp³-hybridized carbons (Fsp3) is 0.333. The topological polar surface area (TPSA) is 78.3 Å². The first-order valence-electron chi connectivity index (χ1n) is 6.61. The highest BCUT2D eigenvalue weighted by atomic mass is 32.2. The maximum Gasteiger partial charge on any atom is 0.195 e. The first kappa shape index (κ1) is 15.1. The number of nitriles is 2. The van der Waals surface area contributed by atoms with Crippen molar-refractivity contribution in [1.29, 1.82) is 10.5 Å². The smallest absolute Gasteiger partial charge is 0.195 e. The first-order chi connectivity index (χ1) is 10.3. The van der Waals surface area contributed by atoms with Crippen molar-refractivity contribution < 1.29 is 0 Å². The van der Waals surface area contributed by atoms with Crippen LogP contribution in [0, 0.1) is 35.5 Å². The molecule has 1 aromatic carbocycles. The van der Waals surface area contributed by atoms with Crippen LogP contribution in [-0.4, -0.2) is 20.5 Å². The second kappa shape index (κ2) is 7.47. The number of hydrogen-bond donors (Lipinski definition) is 0. The average molecular weight is 297 g/mol. The van der Waals surface area contributed by atoms with E-state index >= 15 is 0 Å². The Labute approximate surface area is 128 Å². The Morgan fingerprint density at radius 3 is 2.86 bits per heavy atom. The van der Waals surface area contributed by atoms with E-state index in [9.17, 15) is 0 Å². The molecule has 0 unspecified atom stereocenters. The lowest BCUT2D eigenvalue weighted by Gasteiger charge is -2.10. The largest absolute Gasteiger partial charge is 0.276 e. The van der Waals surface area contributed by atoms with Crippen LogP contribution < -0.4 is 0 Å². The van der Waals surface area contributed by atoms with E-state index in [-0.39, 0.29) is 5.92 Å². The van der Waals surface area contributed by atoms with Crippen LogP contribution >= 0.6 is 11.8 Å². The zero-order chi connectivity index (χ0) is 15.1. The SMILES string of the molecule is Cc1ccccc1-n1cnnc1SC[C@@H](C#N)CCC#N. The van der Waals surface area contributed by atoms with Gasteiger partial charge in [-0.2, -0.15) is 10.5 Å². The van der Waals surface area contributed by atoms with Crippen LogP contribution in [0.3, 0.4) is 0 Å². The highest BCUT2D eigenvalue weighted by molar-refractivity contribution is 7.99. The van der Waals surface area contributed by atoms with Gasteiger partial charge in [0.15, 0.2) is 5.16 Å². The van der Waals surface area contributed by atoms with Crippen LogP contribution in [0.25, 0.3) is 5.69 Å². The summed E-state index contributed by atoms with van der Waals surface area (Å²) in [5, 5.41) is 26.5. The van der Waals surface area contributed by atoms with Crippen molar-refractivity contribution in [2.75, 3.05) is 5.75 Å². The predicted molar refractivity (Wildman–Crippen MR) is 80.8 cm³/mol. The summed E-state index contributed by atoms with van der Waals surface area (Å²) in [6.45, 7) is 2.04. The number of hydrogen-bond acceptors (Lipinski definition) is 5. The third-order valence-electron chi connectivity index (χ3n) is 3.09. The Bertz CT molecular complexity index is 680. The molecule has 0 fully saturated rings. The lowest BCUT2D eigenvalue weighted by Crippen LogP contribution is -2.03. The molecule has 0 amide bonds. The Morgan fingerprint density at radius 2 is 2.14 bits per heavy atom. The first-order valence-corrected chi connectivity index (χ1v) is 7.60. The minimum atomic E-state index is -0.142. The van der Waals surface area contributed by atoms with Gasteiger partial charge in [-0.1, -0.05) is 30.0 Å². The van der Waals surface area contributed by atoms with E-state index in [4.69, 9.17) is 10.5 Å². The molecule has 0 spiro atoms. The zero-order valence-electron chi connectivity index (χ0n) is 11.7. The van der Waals surface area contributed by atoms with Gasteiger partial charge in [0.1, 0.15) is 6.33 Å². The minimum absolute atomic E-state index is 0.142. The van der Waals surface area contributed by atoms with E-state index in [1.165, 1.54) is 11.8 Å². The van der Waals surface area contributed by atoms with E-state index in [0.29, 0.717) is 18.6 Å². The molecular weight excluding hydrogens is 282 g/mol. The van der Waals surface area contributed by atoms with Gasteiger partial charge in [0, 0.05) is 12.2 Å². The molecule has 106 valence electrons. The third-order valence-corrected chi connectivity index (χ3v) is 4.20. The molecule has 0 saturated heterocycles. The van der Waals surface area contributed by atoms with Gasteiger partial charge in [-0.3, -0.25) is 4.57 Å². The molecule has 0 N–H and O–H groups in total. The van der Waals surface area contributed by atoms with Crippen molar-refractivity contribution in [3.63, 3.8) is 0 Å². The summed E-state index contributed by atoms with van der Waals surface area (Å²) in [4.78, 5) is 0. The van der Waals surface area contributed by atoms with Crippen molar-refractivity contribution in [1.82, 2.24) is 14.8 Å². The van der Waals surface area contributed by atoms with E-state index in [1.54, 1.807) is 6.33 Å². The monoisotopic (exact) mass is 297 g/mol. The Morgan fingerprint density at radius 1 is 1.33 bits per heavy atom. The van der Waals surface area contributed by atoms with Crippen LogP contribution in [-0.2, 0) is 0 Å². The van der Waals surface area contributed by atoms with Gasteiger partial charge in [0.2, 0.25) is 0 Å². The second-order valence-corrected chi connectivity index (χ2v) is 5.59. The molecule has 0 aliphatic rings. The fourth-order valence-corrected chi connectivity index (χ4v) is 2.90. The molecule has 1 atom stereocenters. The predicted octanol–water partition coefficient (Wildman–Crippen LogP) is 3.11. The van der Waals surface area contributed by atoms with E-state index in [1.807, 2.05) is 35.8 Å². The third kappa shape index (κ3) is 3.84. The molecule has 0 saturated carbocycles. The number of para-hydroxylation sites is 1. The molecule has 5 nitrogen and oxygen atoms in total. The molecule has 2 aromatic rings. The average Bonchev–Trinajstić information content (AvgIpc) is 2.96. The van der Waals surface area contributed by atoms with Crippen molar-refractivity contribution in [3.05, 3.63) is 36.2 Å².